The molecular weight excluding hydrogens is 228 g/mol. The first-order valence-electron chi connectivity index (χ1n) is 6.11. The lowest BCUT2D eigenvalue weighted by atomic mass is 10.0. The normalized spacial score (nSPS) is 12.6. The molecule has 0 saturated carbocycles. The number of ether oxygens (including phenoxy) is 1. The Balaban J connectivity index is 2.33. The highest BCUT2D eigenvalue weighted by Crippen LogP contribution is 2.28. The number of hydrogen-bond acceptors (Lipinski definition) is 3. The molecule has 0 aliphatic heterocycles. The third-order valence-electron chi connectivity index (χ3n) is 2.99. The van der Waals surface area contributed by atoms with Crippen LogP contribution in [-0.2, 0) is 6.61 Å². The molecule has 1 unspecified atom stereocenters. The van der Waals surface area contributed by atoms with Gasteiger partial charge < -0.3 is 14.9 Å². The molecule has 0 aliphatic rings. The quantitative estimate of drug-likeness (QED) is 0.851. The van der Waals surface area contributed by atoms with E-state index in [1.54, 1.807) is 0 Å². The number of aliphatic hydroxyl groups excluding tert-OH is 2. The molecule has 2 aromatic rings. The predicted octanol–water partition coefficient (Wildman–Crippen LogP) is 2.34. The Morgan fingerprint density at radius 1 is 1.11 bits per heavy atom. The lowest BCUT2D eigenvalue weighted by molar-refractivity contribution is 0.171. The summed E-state index contributed by atoms with van der Waals surface area (Å²) in [5, 5.41) is 20.6. The zero-order valence-electron chi connectivity index (χ0n) is 10.5. The Morgan fingerprint density at radius 2 is 1.89 bits per heavy atom. The van der Waals surface area contributed by atoms with Crippen molar-refractivity contribution in [3.8, 4) is 5.75 Å². The highest BCUT2D eigenvalue weighted by atomic mass is 16.5. The largest absolute Gasteiger partial charge is 0.493 e. The van der Waals surface area contributed by atoms with Crippen LogP contribution in [0.2, 0.25) is 0 Å². The number of aliphatic hydroxyl groups is 2. The molecule has 2 aromatic carbocycles. The van der Waals surface area contributed by atoms with Gasteiger partial charge in [-0.3, -0.25) is 0 Å². The summed E-state index contributed by atoms with van der Waals surface area (Å²) >= 11 is 0. The average molecular weight is 246 g/mol. The van der Waals surface area contributed by atoms with Crippen LogP contribution in [0.25, 0.3) is 10.8 Å². The number of hydrogen-bond donors (Lipinski definition) is 2. The van der Waals surface area contributed by atoms with Gasteiger partial charge in [0.05, 0.1) is 13.2 Å². The third-order valence-corrected chi connectivity index (χ3v) is 2.99. The van der Waals surface area contributed by atoms with Crippen molar-refractivity contribution in [1.82, 2.24) is 0 Å². The Hall–Kier alpha value is -1.58. The maximum atomic E-state index is 9.51. The van der Waals surface area contributed by atoms with E-state index in [1.165, 1.54) is 0 Å². The van der Waals surface area contributed by atoms with Gasteiger partial charge in [0.25, 0.3) is 0 Å². The molecule has 2 N–H and O–H groups in total. The van der Waals surface area contributed by atoms with Crippen molar-refractivity contribution in [1.29, 1.82) is 0 Å². The molecule has 0 aliphatic carbocycles. The van der Waals surface area contributed by atoms with Crippen molar-refractivity contribution in [3.63, 3.8) is 0 Å². The fraction of sp³-hybridized carbons (Fsp3) is 0.333. The maximum Gasteiger partial charge on any atom is 0.125 e. The van der Waals surface area contributed by atoms with E-state index >= 15 is 0 Å². The van der Waals surface area contributed by atoms with E-state index in [0.29, 0.717) is 12.4 Å². The minimum atomic E-state index is -0.0514. The lowest BCUT2D eigenvalue weighted by Gasteiger charge is -2.15. The minimum absolute atomic E-state index is 0.0514. The van der Waals surface area contributed by atoms with Crippen LogP contribution in [0, 0.1) is 5.92 Å². The fourth-order valence-electron chi connectivity index (χ4n) is 1.90. The second-order valence-corrected chi connectivity index (χ2v) is 4.52. The Morgan fingerprint density at radius 3 is 2.61 bits per heavy atom. The van der Waals surface area contributed by atoms with Crippen molar-refractivity contribution in [2.24, 2.45) is 5.92 Å². The van der Waals surface area contributed by atoms with E-state index in [0.717, 1.165) is 16.3 Å². The minimum Gasteiger partial charge on any atom is -0.493 e. The van der Waals surface area contributed by atoms with Crippen LogP contribution in [0.4, 0.5) is 0 Å². The van der Waals surface area contributed by atoms with Crippen molar-refractivity contribution in [2.75, 3.05) is 13.2 Å². The molecule has 0 amide bonds. The molecule has 96 valence electrons. The van der Waals surface area contributed by atoms with Crippen molar-refractivity contribution in [3.05, 3.63) is 42.0 Å². The van der Waals surface area contributed by atoms with E-state index in [2.05, 4.69) is 0 Å². The SMILES string of the molecule is CC(CO)COc1ccc2ccccc2c1CO. The molecule has 0 heterocycles. The van der Waals surface area contributed by atoms with E-state index in [1.807, 2.05) is 43.3 Å². The maximum absolute atomic E-state index is 9.51. The molecule has 0 spiro atoms. The monoisotopic (exact) mass is 246 g/mol. The second kappa shape index (κ2) is 5.85. The number of rotatable bonds is 5. The summed E-state index contributed by atoms with van der Waals surface area (Å²) in [6.45, 7) is 2.41. The van der Waals surface area contributed by atoms with E-state index in [-0.39, 0.29) is 19.1 Å². The van der Waals surface area contributed by atoms with Gasteiger partial charge in [0.15, 0.2) is 0 Å². The molecule has 0 fully saturated rings. The molecule has 0 saturated heterocycles. The van der Waals surface area contributed by atoms with Gasteiger partial charge in [0.1, 0.15) is 5.75 Å². The van der Waals surface area contributed by atoms with E-state index in [4.69, 9.17) is 9.84 Å². The molecular formula is C15H18O3. The van der Waals surface area contributed by atoms with Crippen LogP contribution in [0.3, 0.4) is 0 Å². The second-order valence-electron chi connectivity index (χ2n) is 4.52. The summed E-state index contributed by atoms with van der Waals surface area (Å²) in [5.74, 6) is 0.777. The van der Waals surface area contributed by atoms with Crippen LogP contribution >= 0.6 is 0 Å². The van der Waals surface area contributed by atoms with Crippen LogP contribution in [0.5, 0.6) is 5.75 Å². The summed E-state index contributed by atoms with van der Waals surface area (Å²) in [6.07, 6.45) is 0. The van der Waals surface area contributed by atoms with Gasteiger partial charge in [-0.1, -0.05) is 37.3 Å². The van der Waals surface area contributed by atoms with Gasteiger partial charge in [-0.15, -0.1) is 0 Å². The van der Waals surface area contributed by atoms with Crippen LogP contribution in [-0.4, -0.2) is 23.4 Å². The molecule has 1 atom stereocenters. The first-order chi connectivity index (χ1) is 8.76. The standard InChI is InChI=1S/C15H18O3/c1-11(8-16)10-18-15-7-6-12-4-2-3-5-13(12)14(15)9-17/h2-7,11,16-17H,8-10H2,1H3. The van der Waals surface area contributed by atoms with Crippen LogP contribution in [0.15, 0.2) is 36.4 Å². The smallest absolute Gasteiger partial charge is 0.125 e. The molecule has 3 heteroatoms. The highest BCUT2D eigenvalue weighted by Gasteiger charge is 2.09. The van der Waals surface area contributed by atoms with Gasteiger partial charge >= 0.3 is 0 Å². The summed E-state index contributed by atoms with van der Waals surface area (Å²) < 4.78 is 5.67. The Labute approximate surface area is 107 Å². The van der Waals surface area contributed by atoms with Gasteiger partial charge in [-0.2, -0.15) is 0 Å². The average Bonchev–Trinajstić information content (AvgIpc) is 2.43. The molecule has 3 nitrogen and oxygen atoms in total. The first kappa shape index (κ1) is 12.9. The zero-order valence-corrected chi connectivity index (χ0v) is 10.5. The topological polar surface area (TPSA) is 49.7 Å². The fourth-order valence-corrected chi connectivity index (χ4v) is 1.90. The summed E-state index contributed by atoms with van der Waals surface area (Å²) in [6, 6.07) is 11.8. The molecule has 0 radical (unpaired) electrons. The van der Waals surface area contributed by atoms with Crippen molar-refractivity contribution in [2.45, 2.75) is 13.5 Å². The highest BCUT2D eigenvalue weighted by molar-refractivity contribution is 5.87. The van der Waals surface area contributed by atoms with Crippen LogP contribution in [0.1, 0.15) is 12.5 Å². The number of benzene rings is 2. The Bertz CT molecular complexity index is 522. The first-order valence-corrected chi connectivity index (χ1v) is 6.11. The molecule has 2 rings (SSSR count). The van der Waals surface area contributed by atoms with Crippen molar-refractivity contribution >= 4 is 10.8 Å². The van der Waals surface area contributed by atoms with E-state index in [9.17, 15) is 5.11 Å². The van der Waals surface area contributed by atoms with Crippen molar-refractivity contribution < 1.29 is 14.9 Å². The molecule has 0 aromatic heterocycles. The summed E-state index contributed by atoms with van der Waals surface area (Å²) in [4.78, 5) is 0. The number of fused-ring (bicyclic) bond motifs is 1. The van der Waals surface area contributed by atoms with Gasteiger partial charge in [-0.05, 0) is 16.8 Å². The van der Waals surface area contributed by atoms with Crippen LogP contribution < -0.4 is 4.74 Å². The van der Waals surface area contributed by atoms with Gasteiger partial charge in [0, 0.05) is 18.1 Å². The van der Waals surface area contributed by atoms with E-state index < -0.39 is 0 Å². The Kier molecular flexibility index (Phi) is 4.18. The predicted molar refractivity (Wildman–Crippen MR) is 71.6 cm³/mol. The lowest BCUT2D eigenvalue weighted by Crippen LogP contribution is -2.13. The molecule has 18 heavy (non-hydrogen) atoms. The van der Waals surface area contributed by atoms with Gasteiger partial charge in [0.2, 0.25) is 0 Å². The zero-order chi connectivity index (χ0) is 13.0. The third kappa shape index (κ3) is 2.63. The molecule has 0 bridgehead atoms. The summed E-state index contributed by atoms with van der Waals surface area (Å²) in [7, 11) is 0. The summed E-state index contributed by atoms with van der Waals surface area (Å²) in [5.41, 5.74) is 0.804. The van der Waals surface area contributed by atoms with Gasteiger partial charge in [-0.25, -0.2) is 0 Å².